The minimum Gasteiger partial charge on any atom is -0.487 e. The largest absolute Gasteiger partial charge is 0.487 e. The van der Waals surface area contributed by atoms with Crippen LogP contribution in [0.15, 0.2) is 53.5 Å². The second kappa shape index (κ2) is 10.7. The Morgan fingerprint density at radius 3 is 2.82 bits per heavy atom. The summed E-state index contributed by atoms with van der Waals surface area (Å²) in [5.41, 5.74) is 2.40. The Morgan fingerprint density at radius 2 is 2.06 bits per heavy atom. The summed E-state index contributed by atoms with van der Waals surface area (Å²) in [7, 11) is 0. The normalized spacial score (nSPS) is 13.5. The summed E-state index contributed by atoms with van der Waals surface area (Å²) in [5, 5.41) is 2.86. The number of nitrogens with zero attached hydrogens (tertiary/aromatic N) is 3. The molecule has 3 heterocycles. The summed E-state index contributed by atoms with van der Waals surface area (Å²) in [4.78, 5) is 38.7. The van der Waals surface area contributed by atoms with E-state index in [4.69, 9.17) is 9.47 Å². The Morgan fingerprint density at radius 1 is 1.21 bits per heavy atom. The summed E-state index contributed by atoms with van der Waals surface area (Å²) in [5.74, 6) is 0.998. The van der Waals surface area contributed by atoms with Gasteiger partial charge in [0.1, 0.15) is 12.4 Å². The third kappa shape index (κ3) is 6.17. The number of rotatable bonds is 8. The third-order valence-corrected chi connectivity index (χ3v) is 5.35. The molecule has 0 bridgehead atoms. The quantitative estimate of drug-likeness (QED) is 0.544. The number of carbonyl (C=O) groups excluding carboxylic acids is 1. The molecule has 33 heavy (non-hydrogen) atoms. The third-order valence-electron chi connectivity index (χ3n) is 5.35. The Balaban J connectivity index is 1.32. The van der Waals surface area contributed by atoms with Crippen molar-refractivity contribution in [1.82, 2.24) is 15.0 Å². The van der Waals surface area contributed by atoms with Crippen molar-refractivity contribution in [3.05, 3.63) is 76.0 Å². The van der Waals surface area contributed by atoms with E-state index in [0.29, 0.717) is 68.0 Å². The lowest BCUT2D eigenvalue weighted by Crippen LogP contribution is -2.38. The minimum absolute atomic E-state index is 0.168. The lowest BCUT2D eigenvalue weighted by atomic mass is 10.1. The number of ether oxygens (including phenoxy) is 2. The molecule has 1 amide bonds. The lowest BCUT2D eigenvalue weighted by molar-refractivity contribution is -0.116. The maximum atomic E-state index is 12.6. The van der Waals surface area contributed by atoms with Crippen molar-refractivity contribution in [2.45, 2.75) is 26.4 Å². The average Bonchev–Trinajstić information content (AvgIpc) is 2.83. The number of aromatic amines is 1. The van der Waals surface area contributed by atoms with Crippen molar-refractivity contribution in [1.29, 1.82) is 0 Å². The first-order valence-electron chi connectivity index (χ1n) is 10.9. The first-order valence-corrected chi connectivity index (χ1v) is 10.9. The van der Waals surface area contributed by atoms with Crippen molar-refractivity contribution in [2.75, 3.05) is 36.5 Å². The van der Waals surface area contributed by atoms with Gasteiger partial charge < -0.3 is 19.7 Å². The van der Waals surface area contributed by atoms with E-state index in [-0.39, 0.29) is 17.9 Å². The number of aryl methyl sites for hydroxylation is 1. The molecule has 2 aromatic heterocycles. The Hall–Kier alpha value is -3.72. The molecule has 0 atom stereocenters. The number of pyridine rings is 1. The van der Waals surface area contributed by atoms with Crippen LogP contribution >= 0.6 is 0 Å². The second-order valence-corrected chi connectivity index (χ2v) is 7.74. The van der Waals surface area contributed by atoms with Crippen molar-refractivity contribution in [2.24, 2.45) is 0 Å². The van der Waals surface area contributed by atoms with Gasteiger partial charge in [-0.05, 0) is 37.6 Å². The number of hydrogen-bond acceptors (Lipinski definition) is 7. The van der Waals surface area contributed by atoms with E-state index in [1.54, 1.807) is 25.3 Å². The number of anilines is 2. The Bertz CT molecular complexity index is 1140. The monoisotopic (exact) mass is 449 g/mol. The SMILES string of the molecule is Cc1nc(N2CCOCC2)[nH]c(=O)c1CCC(=O)Nc1cccc(OCc2ccccn2)c1. The molecule has 1 aromatic carbocycles. The van der Waals surface area contributed by atoms with Gasteiger partial charge in [-0.1, -0.05) is 12.1 Å². The summed E-state index contributed by atoms with van der Waals surface area (Å²) >= 11 is 0. The standard InChI is InChI=1S/C24H27N5O4/c1-17-21(23(31)28-24(26-17)29-11-13-32-14-12-29)8-9-22(30)27-18-6-4-7-20(15-18)33-16-19-5-2-3-10-25-19/h2-7,10,15H,8-9,11-14,16H2,1H3,(H,27,30)(H,26,28,31). The van der Waals surface area contributed by atoms with Gasteiger partial charge in [0, 0.05) is 48.7 Å². The molecule has 1 aliphatic heterocycles. The number of nitrogens with one attached hydrogen (secondary N) is 2. The molecule has 0 radical (unpaired) electrons. The highest BCUT2D eigenvalue weighted by atomic mass is 16.5. The van der Waals surface area contributed by atoms with Gasteiger partial charge in [-0.2, -0.15) is 0 Å². The maximum absolute atomic E-state index is 12.6. The van der Waals surface area contributed by atoms with Crippen molar-refractivity contribution >= 4 is 17.5 Å². The van der Waals surface area contributed by atoms with E-state index >= 15 is 0 Å². The second-order valence-electron chi connectivity index (χ2n) is 7.74. The first kappa shape index (κ1) is 22.5. The Kier molecular flexibility index (Phi) is 7.31. The molecule has 3 aromatic rings. The molecule has 172 valence electrons. The van der Waals surface area contributed by atoms with Gasteiger partial charge in [-0.15, -0.1) is 0 Å². The molecule has 4 rings (SSSR count). The molecule has 0 aliphatic carbocycles. The number of amides is 1. The van der Waals surface area contributed by atoms with E-state index in [1.165, 1.54) is 0 Å². The lowest BCUT2D eigenvalue weighted by Gasteiger charge is -2.27. The molecule has 0 saturated carbocycles. The molecule has 1 saturated heterocycles. The van der Waals surface area contributed by atoms with E-state index in [1.807, 2.05) is 35.2 Å². The fourth-order valence-corrected chi connectivity index (χ4v) is 3.58. The molecular weight excluding hydrogens is 422 g/mol. The van der Waals surface area contributed by atoms with Crippen molar-refractivity contribution < 1.29 is 14.3 Å². The van der Waals surface area contributed by atoms with Crippen molar-refractivity contribution in [3.8, 4) is 5.75 Å². The van der Waals surface area contributed by atoms with Crippen LogP contribution in [0.5, 0.6) is 5.75 Å². The number of aromatic nitrogens is 3. The number of hydrogen-bond donors (Lipinski definition) is 2. The van der Waals surface area contributed by atoms with E-state index in [0.717, 1.165) is 5.69 Å². The van der Waals surface area contributed by atoms with Gasteiger partial charge in [0.15, 0.2) is 0 Å². The predicted molar refractivity (Wildman–Crippen MR) is 125 cm³/mol. The summed E-state index contributed by atoms with van der Waals surface area (Å²) in [6.07, 6.45) is 2.19. The average molecular weight is 450 g/mol. The fourth-order valence-electron chi connectivity index (χ4n) is 3.58. The van der Waals surface area contributed by atoms with Gasteiger partial charge in [0.25, 0.3) is 5.56 Å². The van der Waals surface area contributed by atoms with Crippen LogP contribution in [0.1, 0.15) is 23.4 Å². The molecule has 9 heteroatoms. The topological polar surface area (TPSA) is 109 Å². The number of carbonyl (C=O) groups is 1. The molecule has 0 spiro atoms. The molecule has 1 fully saturated rings. The van der Waals surface area contributed by atoms with Gasteiger partial charge in [-0.25, -0.2) is 4.98 Å². The number of H-pyrrole nitrogens is 1. The van der Waals surface area contributed by atoms with Crippen LogP contribution in [0, 0.1) is 6.92 Å². The summed E-state index contributed by atoms with van der Waals surface area (Å²) in [6.45, 7) is 4.74. The van der Waals surface area contributed by atoms with Crippen molar-refractivity contribution in [3.63, 3.8) is 0 Å². The predicted octanol–water partition coefficient (Wildman–Crippen LogP) is 2.46. The highest BCUT2D eigenvalue weighted by Crippen LogP contribution is 2.19. The van der Waals surface area contributed by atoms with Crippen LogP contribution in [-0.4, -0.2) is 47.2 Å². The number of morpholine rings is 1. The zero-order valence-corrected chi connectivity index (χ0v) is 18.5. The highest BCUT2D eigenvalue weighted by molar-refractivity contribution is 5.91. The fraction of sp³-hybridized carbons (Fsp3) is 0.333. The van der Waals surface area contributed by atoms with Crippen LogP contribution in [0.25, 0.3) is 0 Å². The Labute approximate surface area is 191 Å². The summed E-state index contributed by atoms with van der Waals surface area (Å²) < 4.78 is 11.1. The molecule has 9 nitrogen and oxygen atoms in total. The van der Waals surface area contributed by atoms with E-state index < -0.39 is 0 Å². The molecular formula is C24H27N5O4. The number of benzene rings is 1. The van der Waals surface area contributed by atoms with Crippen LogP contribution in [0.2, 0.25) is 0 Å². The summed E-state index contributed by atoms with van der Waals surface area (Å²) in [6, 6.07) is 12.8. The van der Waals surface area contributed by atoms with Gasteiger partial charge in [-0.3, -0.25) is 19.6 Å². The zero-order valence-electron chi connectivity index (χ0n) is 18.5. The van der Waals surface area contributed by atoms with Crippen LogP contribution in [-0.2, 0) is 22.6 Å². The molecule has 0 unspecified atom stereocenters. The van der Waals surface area contributed by atoms with E-state index in [2.05, 4.69) is 20.3 Å². The zero-order chi connectivity index (χ0) is 23.0. The maximum Gasteiger partial charge on any atom is 0.255 e. The van der Waals surface area contributed by atoms with Gasteiger partial charge >= 0.3 is 0 Å². The smallest absolute Gasteiger partial charge is 0.255 e. The minimum atomic E-state index is -0.207. The van der Waals surface area contributed by atoms with Crippen LogP contribution in [0.4, 0.5) is 11.6 Å². The van der Waals surface area contributed by atoms with E-state index in [9.17, 15) is 9.59 Å². The van der Waals surface area contributed by atoms with Gasteiger partial charge in [0.05, 0.1) is 18.9 Å². The van der Waals surface area contributed by atoms with Crippen LogP contribution < -0.4 is 20.5 Å². The molecule has 1 aliphatic rings. The molecule has 2 N–H and O–H groups in total. The van der Waals surface area contributed by atoms with Crippen LogP contribution in [0.3, 0.4) is 0 Å². The van der Waals surface area contributed by atoms with Gasteiger partial charge in [0.2, 0.25) is 11.9 Å². The first-order chi connectivity index (χ1) is 16.1. The highest BCUT2D eigenvalue weighted by Gasteiger charge is 2.17.